The highest BCUT2D eigenvalue weighted by molar-refractivity contribution is 5.89. The molecule has 0 aromatic heterocycles. The van der Waals surface area contributed by atoms with Crippen molar-refractivity contribution < 1.29 is 19.4 Å². The molecule has 6 nitrogen and oxygen atoms in total. The summed E-state index contributed by atoms with van der Waals surface area (Å²) in [6, 6.07) is 13.5. The van der Waals surface area contributed by atoms with Gasteiger partial charge in [-0.25, -0.2) is 9.59 Å². The van der Waals surface area contributed by atoms with Crippen molar-refractivity contribution in [3.8, 4) is 0 Å². The van der Waals surface area contributed by atoms with E-state index >= 15 is 0 Å². The van der Waals surface area contributed by atoms with Gasteiger partial charge in [0.1, 0.15) is 0 Å². The largest absolute Gasteiger partial charge is 0.478 e. The van der Waals surface area contributed by atoms with Crippen LogP contribution in [0.5, 0.6) is 0 Å². The Kier molecular flexibility index (Phi) is 11.0. The highest BCUT2D eigenvalue weighted by Crippen LogP contribution is 2.13. The van der Waals surface area contributed by atoms with Gasteiger partial charge in [-0.15, -0.1) is 0 Å². The number of nitrogens with two attached hydrogens (primary N) is 1. The number of nitrogens with zero attached hydrogens (tertiary/aromatic N) is 1. The normalized spacial score (nSPS) is 10.2. The Morgan fingerprint density at radius 2 is 1.50 bits per heavy atom. The maximum atomic E-state index is 11.8. The van der Waals surface area contributed by atoms with Crippen LogP contribution in [0.3, 0.4) is 0 Å². The summed E-state index contributed by atoms with van der Waals surface area (Å²) >= 11 is 0. The smallest absolute Gasteiger partial charge is 0.338 e. The molecule has 0 atom stereocenters. The molecule has 0 aliphatic heterocycles. The van der Waals surface area contributed by atoms with E-state index in [4.69, 9.17) is 15.6 Å². The maximum absolute atomic E-state index is 11.8. The minimum absolute atomic E-state index is 0.223. The first-order chi connectivity index (χ1) is 14.2. The molecule has 2 aromatic carbocycles. The van der Waals surface area contributed by atoms with Crippen molar-refractivity contribution in [3.05, 3.63) is 59.7 Å². The topological polar surface area (TPSA) is 92.9 Å². The molecule has 0 saturated carbocycles. The summed E-state index contributed by atoms with van der Waals surface area (Å²) in [6.45, 7) is 4.99. The summed E-state index contributed by atoms with van der Waals surface area (Å²) in [5.41, 5.74) is 7.87. The molecule has 0 amide bonds. The first-order valence-corrected chi connectivity index (χ1v) is 10.2. The number of carbonyl (C=O) groups excluding carboxylic acids is 1. The second-order valence-electron chi connectivity index (χ2n) is 7.75. The van der Waals surface area contributed by atoms with Crippen LogP contribution >= 0.6 is 0 Å². The Hall–Kier alpha value is -3.02. The highest BCUT2D eigenvalue weighted by atomic mass is 16.5. The molecule has 0 spiro atoms. The first kappa shape index (κ1) is 25.0. The van der Waals surface area contributed by atoms with Gasteiger partial charge in [-0.2, -0.15) is 0 Å². The van der Waals surface area contributed by atoms with Crippen molar-refractivity contribution in [1.29, 1.82) is 0 Å². The molecule has 30 heavy (non-hydrogen) atoms. The molecule has 0 saturated heterocycles. The van der Waals surface area contributed by atoms with Gasteiger partial charge < -0.3 is 20.5 Å². The zero-order valence-corrected chi connectivity index (χ0v) is 18.4. The number of ether oxygens (including phenoxy) is 1. The number of aromatic carboxylic acids is 1. The van der Waals surface area contributed by atoms with Gasteiger partial charge >= 0.3 is 11.9 Å². The lowest BCUT2D eigenvalue weighted by Crippen LogP contribution is -2.10. The van der Waals surface area contributed by atoms with E-state index < -0.39 is 5.97 Å². The Morgan fingerprint density at radius 3 is 2.00 bits per heavy atom. The van der Waals surface area contributed by atoms with E-state index in [-0.39, 0.29) is 11.5 Å². The quantitative estimate of drug-likeness (QED) is 0.337. The average molecular weight is 415 g/mol. The van der Waals surface area contributed by atoms with Gasteiger partial charge in [-0.05, 0) is 60.9 Å². The predicted molar refractivity (Wildman–Crippen MR) is 122 cm³/mol. The van der Waals surface area contributed by atoms with Crippen molar-refractivity contribution in [2.24, 2.45) is 5.92 Å². The summed E-state index contributed by atoms with van der Waals surface area (Å²) in [5, 5.41) is 8.43. The second-order valence-corrected chi connectivity index (χ2v) is 7.75. The zero-order valence-electron chi connectivity index (χ0n) is 18.4. The number of carboxylic acids is 1. The van der Waals surface area contributed by atoms with E-state index in [1.165, 1.54) is 25.0 Å². The molecular formula is C24H34N2O4. The number of benzene rings is 2. The third-order valence-electron chi connectivity index (χ3n) is 4.44. The van der Waals surface area contributed by atoms with Crippen LogP contribution in [-0.4, -0.2) is 37.7 Å². The third kappa shape index (κ3) is 9.96. The second kappa shape index (κ2) is 13.2. The van der Waals surface area contributed by atoms with Crippen LogP contribution in [0, 0.1) is 5.92 Å². The lowest BCUT2D eigenvalue weighted by atomic mass is 10.1. The van der Waals surface area contributed by atoms with Crippen LogP contribution in [0.25, 0.3) is 0 Å². The zero-order chi connectivity index (χ0) is 22.5. The fraction of sp³-hybridized carbons (Fsp3) is 0.417. The summed E-state index contributed by atoms with van der Waals surface area (Å²) < 4.78 is 5.28. The first-order valence-electron chi connectivity index (χ1n) is 10.2. The van der Waals surface area contributed by atoms with Gasteiger partial charge in [0.25, 0.3) is 0 Å². The number of hydrogen-bond donors (Lipinski definition) is 2. The molecule has 3 N–H and O–H groups in total. The van der Waals surface area contributed by atoms with Crippen molar-refractivity contribution >= 4 is 23.3 Å². The van der Waals surface area contributed by atoms with Crippen LogP contribution < -0.4 is 10.6 Å². The lowest BCUT2D eigenvalue weighted by Gasteiger charge is -2.12. The fourth-order valence-corrected chi connectivity index (χ4v) is 2.60. The Morgan fingerprint density at radius 1 is 0.933 bits per heavy atom. The number of anilines is 2. The molecule has 164 valence electrons. The van der Waals surface area contributed by atoms with Gasteiger partial charge in [0.05, 0.1) is 17.7 Å². The molecule has 0 heterocycles. The van der Waals surface area contributed by atoms with E-state index in [1.54, 1.807) is 12.1 Å². The van der Waals surface area contributed by atoms with Crippen molar-refractivity contribution in [1.82, 2.24) is 0 Å². The Labute approximate surface area is 179 Å². The third-order valence-corrected chi connectivity index (χ3v) is 4.44. The van der Waals surface area contributed by atoms with Crippen LogP contribution in [0.15, 0.2) is 48.5 Å². The molecule has 2 aromatic rings. The number of esters is 1. The standard InChI is InChI=1S/C17H27NO2.C7H7NO2/c1-14(2)8-6-5-7-13-20-17(19)15-9-11-16(12-10-15)18(3)4;8-6-3-1-5(2-4-6)7(9)10/h9-12,14H,5-8,13H2,1-4H3;1-4H,8H2,(H,9,10). The summed E-state index contributed by atoms with van der Waals surface area (Å²) in [6.07, 6.45) is 4.55. The van der Waals surface area contributed by atoms with E-state index in [9.17, 15) is 9.59 Å². The lowest BCUT2D eigenvalue weighted by molar-refractivity contribution is 0.0497. The SMILES string of the molecule is CC(C)CCCCCOC(=O)c1ccc(N(C)C)cc1.Nc1ccc(C(=O)O)cc1. The Bertz CT molecular complexity index is 769. The Balaban J connectivity index is 0.000000375. The van der Waals surface area contributed by atoms with Gasteiger partial charge in [0.15, 0.2) is 0 Å². The molecular weight excluding hydrogens is 380 g/mol. The molecule has 0 aliphatic carbocycles. The molecule has 0 aliphatic rings. The number of carbonyl (C=O) groups is 2. The van der Waals surface area contributed by atoms with E-state index in [2.05, 4.69) is 13.8 Å². The maximum Gasteiger partial charge on any atom is 0.338 e. The number of unbranched alkanes of at least 4 members (excludes halogenated alkanes) is 2. The highest BCUT2D eigenvalue weighted by Gasteiger charge is 2.07. The molecule has 0 unspecified atom stereocenters. The van der Waals surface area contributed by atoms with Crippen LogP contribution in [0.4, 0.5) is 11.4 Å². The van der Waals surface area contributed by atoms with Gasteiger partial charge in [0.2, 0.25) is 0 Å². The molecule has 0 bridgehead atoms. The van der Waals surface area contributed by atoms with Gasteiger partial charge in [-0.1, -0.05) is 33.1 Å². The van der Waals surface area contributed by atoms with Crippen LogP contribution in [0.1, 0.15) is 60.2 Å². The number of rotatable bonds is 9. The average Bonchev–Trinajstić information content (AvgIpc) is 2.71. The number of nitrogen functional groups attached to an aromatic ring is 1. The number of carboxylic acid groups (broad SMARTS) is 1. The van der Waals surface area contributed by atoms with E-state index in [0.29, 0.717) is 17.9 Å². The van der Waals surface area contributed by atoms with Crippen LogP contribution in [-0.2, 0) is 4.74 Å². The molecule has 0 radical (unpaired) electrons. The molecule has 6 heteroatoms. The van der Waals surface area contributed by atoms with Crippen molar-refractivity contribution in [3.63, 3.8) is 0 Å². The van der Waals surface area contributed by atoms with Crippen molar-refractivity contribution in [2.45, 2.75) is 39.5 Å². The van der Waals surface area contributed by atoms with E-state index in [0.717, 1.165) is 24.4 Å². The molecule has 2 rings (SSSR count). The van der Waals surface area contributed by atoms with Gasteiger partial charge in [-0.3, -0.25) is 0 Å². The minimum Gasteiger partial charge on any atom is -0.478 e. The monoisotopic (exact) mass is 414 g/mol. The summed E-state index contributed by atoms with van der Waals surface area (Å²) in [4.78, 5) is 24.1. The van der Waals surface area contributed by atoms with Gasteiger partial charge in [0, 0.05) is 25.5 Å². The molecule has 0 fully saturated rings. The number of hydrogen-bond acceptors (Lipinski definition) is 5. The predicted octanol–water partition coefficient (Wildman–Crippen LogP) is 5.09. The van der Waals surface area contributed by atoms with Crippen molar-refractivity contribution in [2.75, 3.05) is 31.3 Å². The summed E-state index contributed by atoms with van der Waals surface area (Å²) in [7, 11) is 3.95. The van der Waals surface area contributed by atoms with Crippen LogP contribution in [0.2, 0.25) is 0 Å². The fourth-order valence-electron chi connectivity index (χ4n) is 2.60. The van der Waals surface area contributed by atoms with E-state index in [1.807, 2.05) is 43.3 Å². The summed E-state index contributed by atoms with van der Waals surface area (Å²) in [5.74, 6) is -0.396. The minimum atomic E-state index is -0.931.